The number of hydrogen-bond donors (Lipinski definition) is 0. The van der Waals surface area contributed by atoms with Gasteiger partial charge in [-0.25, -0.2) is 17.5 Å². The summed E-state index contributed by atoms with van der Waals surface area (Å²) in [4.78, 5) is 24.2. The van der Waals surface area contributed by atoms with Crippen molar-refractivity contribution in [2.75, 3.05) is 19.3 Å². The quantitative estimate of drug-likeness (QED) is 0.628. The van der Waals surface area contributed by atoms with Crippen LogP contribution in [0, 0.1) is 9.49 Å². The Hall–Kier alpha value is -0.680. The highest BCUT2D eigenvalue weighted by molar-refractivity contribution is 14.1. The summed E-state index contributed by atoms with van der Waals surface area (Å²) >= 11 is 1.90. The topological polar surface area (TPSA) is 81.4 Å². The fourth-order valence-corrected chi connectivity index (χ4v) is 4.23. The van der Waals surface area contributed by atoms with E-state index in [1.165, 1.54) is 25.9 Å². The minimum atomic E-state index is -3.23. The van der Waals surface area contributed by atoms with Gasteiger partial charge in [-0.05, 0) is 41.4 Å². The van der Waals surface area contributed by atoms with Gasteiger partial charge in [-0.15, -0.1) is 0 Å². The van der Waals surface area contributed by atoms with Crippen LogP contribution in [0.15, 0.2) is 15.8 Å². The van der Waals surface area contributed by atoms with E-state index in [4.69, 9.17) is 0 Å². The lowest BCUT2D eigenvalue weighted by atomic mass is 10.00. The Labute approximate surface area is 136 Å². The van der Waals surface area contributed by atoms with Gasteiger partial charge in [0.05, 0.1) is 9.83 Å². The Morgan fingerprint density at radius 2 is 2.05 bits per heavy atom. The van der Waals surface area contributed by atoms with Crippen LogP contribution in [0.4, 0.5) is 0 Å². The standard InChI is InChI=1S/C12H18IN3O4S/c1-14-8-10(13)11(17)16(12(14)18)7-9-4-3-5-15(6-9)21(2,19)20/h8-9H,3-7H2,1-2H3. The number of rotatable bonds is 3. The summed E-state index contributed by atoms with van der Waals surface area (Å²) in [7, 11) is -1.63. The minimum Gasteiger partial charge on any atom is -0.302 e. The first-order chi connectivity index (χ1) is 9.70. The van der Waals surface area contributed by atoms with Gasteiger partial charge >= 0.3 is 5.69 Å². The van der Waals surface area contributed by atoms with Gasteiger partial charge in [0.2, 0.25) is 10.0 Å². The summed E-state index contributed by atoms with van der Waals surface area (Å²) in [5.74, 6) is -0.0166. The maximum atomic E-state index is 12.1. The maximum Gasteiger partial charge on any atom is 0.330 e. The van der Waals surface area contributed by atoms with Crippen molar-refractivity contribution >= 4 is 32.6 Å². The van der Waals surface area contributed by atoms with Crippen LogP contribution in [-0.2, 0) is 23.6 Å². The summed E-state index contributed by atoms with van der Waals surface area (Å²) in [6.45, 7) is 1.13. The Morgan fingerprint density at radius 1 is 1.38 bits per heavy atom. The molecular weight excluding hydrogens is 409 g/mol. The molecular formula is C12H18IN3O4S. The van der Waals surface area contributed by atoms with E-state index in [2.05, 4.69) is 0 Å². The number of halogens is 1. The Kier molecular flexibility index (Phi) is 4.93. The Morgan fingerprint density at radius 3 is 2.67 bits per heavy atom. The molecule has 9 heteroatoms. The van der Waals surface area contributed by atoms with Gasteiger partial charge in [0.15, 0.2) is 0 Å². The van der Waals surface area contributed by atoms with E-state index in [9.17, 15) is 18.0 Å². The molecule has 118 valence electrons. The molecule has 0 spiro atoms. The highest BCUT2D eigenvalue weighted by atomic mass is 127. The fraction of sp³-hybridized carbons (Fsp3) is 0.667. The SMILES string of the molecule is Cn1cc(I)c(=O)n(CC2CCCN(S(C)(=O)=O)C2)c1=O. The molecule has 1 aromatic heterocycles. The van der Waals surface area contributed by atoms with Crippen LogP contribution in [0.5, 0.6) is 0 Å². The summed E-state index contributed by atoms with van der Waals surface area (Å²) < 4.78 is 27.7. The molecule has 1 fully saturated rings. The van der Waals surface area contributed by atoms with E-state index in [0.717, 1.165) is 12.8 Å². The third-order valence-electron chi connectivity index (χ3n) is 3.68. The number of sulfonamides is 1. The second-order valence-corrected chi connectivity index (χ2v) is 8.56. The van der Waals surface area contributed by atoms with Gasteiger partial charge < -0.3 is 4.57 Å². The highest BCUT2D eigenvalue weighted by Crippen LogP contribution is 2.19. The van der Waals surface area contributed by atoms with Crippen molar-refractivity contribution in [3.8, 4) is 0 Å². The van der Waals surface area contributed by atoms with Crippen LogP contribution >= 0.6 is 22.6 Å². The summed E-state index contributed by atoms with van der Waals surface area (Å²) in [5, 5.41) is 0. The molecule has 2 rings (SSSR count). The van der Waals surface area contributed by atoms with Crippen LogP contribution in [0.25, 0.3) is 0 Å². The second-order valence-electron chi connectivity index (χ2n) is 5.42. The van der Waals surface area contributed by atoms with Gasteiger partial charge in [0, 0.05) is 32.9 Å². The molecule has 0 saturated carbocycles. The Balaban J connectivity index is 2.27. The first-order valence-electron chi connectivity index (χ1n) is 6.61. The molecule has 0 aliphatic carbocycles. The zero-order chi connectivity index (χ0) is 15.8. The number of piperidine rings is 1. The molecule has 0 aromatic carbocycles. The van der Waals surface area contributed by atoms with E-state index in [1.54, 1.807) is 7.05 Å². The first-order valence-corrected chi connectivity index (χ1v) is 9.54. The molecule has 2 heterocycles. The largest absolute Gasteiger partial charge is 0.330 e. The van der Waals surface area contributed by atoms with Crippen LogP contribution in [0.3, 0.4) is 0 Å². The fourth-order valence-electron chi connectivity index (χ4n) is 2.58. The molecule has 1 aromatic rings. The van der Waals surface area contributed by atoms with Crippen LogP contribution in [0.1, 0.15) is 12.8 Å². The van der Waals surface area contributed by atoms with Gasteiger partial charge in [-0.1, -0.05) is 0 Å². The summed E-state index contributed by atoms with van der Waals surface area (Å²) in [6, 6.07) is 0. The number of nitrogens with zero attached hydrogens (tertiary/aromatic N) is 3. The normalized spacial score (nSPS) is 20.6. The molecule has 0 amide bonds. The monoisotopic (exact) mass is 427 g/mol. The zero-order valence-electron chi connectivity index (χ0n) is 12.0. The second kappa shape index (κ2) is 6.21. The number of aryl methyl sites for hydroxylation is 1. The van der Waals surface area contributed by atoms with Gasteiger partial charge in [0.1, 0.15) is 0 Å². The third-order valence-corrected chi connectivity index (χ3v) is 5.69. The highest BCUT2D eigenvalue weighted by Gasteiger charge is 2.27. The van der Waals surface area contributed by atoms with E-state index < -0.39 is 10.0 Å². The first kappa shape index (κ1) is 16.7. The van der Waals surface area contributed by atoms with Crippen molar-refractivity contribution in [3.63, 3.8) is 0 Å². The van der Waals surface area contributed by atoms with Crippen molar-refractivity contribution in [2.45, 2.75) is 19.4 Å². The summed E-state index contributed by atoms with van der Waals surface area (Å²) in [5.41, 5.74) is -0.674. The maximum absolute atomic E-state index is 12.1. The van der Waals surface area contributed by atoms with Gasteiger partial charge in [0.25, 0.3) is 5.56 Å². The zero-order valence-corrected chi connectivity index (χ0v) is 14.9. The van der Waals surface area contributed by atoms with Crippen LogP contribution < -0.4 is 11.2 Å². The van der Waals surface area contributed by atoms with E-state index in [1.807, 2.05) is 22.6 Å². The molecule has 0 bridgehead atoms. The van der Waals surface area contributed by atoms with Crippen molar-refractivity contribution in [1.29, 1.82) is 0 Å². The van der Waals surface area contributed by atoms with Crippen molar-refractivity contribution in [3.05, 3.63) is 30.6 Å². The van der Waals surface area contributed by atoms with Crippen LogP contribution in [0.2, 0.25) is 0 Å². The average molecular weight is 427 g/mol. The predicted molar refractivity (Wildman–Crippen MR) is 87.8 cm³/mol. The average Bonchev–Trinajstić information content (AvgIpc) is 2.41. The molecule has 1 aliphatic rings. The number of hydrogen-bond acceptors (Lipinski definition) is 4. The summed E-state index contributed by atoms with van der Waals surface area (Å²) in [6.07, 6.45) is 4.25. The van der Waals surface area contributed by atoms with Crippen LogP contribution in [-0.4, -0.2) is 41.2 Å². The number of aromatic nitrogens is 2. The smallest absolute Gasteiger partial charge is 0.302 e. The molecule has 0 radical (unpaired) electrons. The van der Waals surface area contributed by atoms with Crippen molar-refractivity contribution < 1.29 is 8.42 Å². The van der Waals surface area contributed by atoms with Gasteiger partial charge in [-0.3, -0.25) is 9.36 Å². The van der Waals surface area contributed by atoms with Gasteiger partial charge in [-0.2, -0.15) is 0 Å². The lowest BCUT2D eigenvalue weighted by molar-refractivity contribution is 0.241. The van der Waals surface area contributed by atoms with Crippen molar-refractivity contribution in [2.24, 2.45) is 13.0 Å². The minimum absolute atomic E-state index is 0.0166. The molecule has 0 N–H and O–H groups in total. The predicted octanol–water partition coefficient (Wildman–Crippen LogP) is -0.177. The third kappa shape index (κ3) is 3.75. The molecule has 1 aliphatic heterocycles. The van der Waals surface area contributed by atoms with Crippen molar-refractivity contribution in [1.82, 2.24) is 13.4 Å². The lowest BCUT2D eigenvalue weighted by Gasteiger charge is -2.31. The van der Waals surface area contributed by atoms with E-state index in [0.29, 0.717) is 16.7 Å². The Bertz CT molecular complexity index is 718. The molecule has 1 atom stereocenters. The molecule has 1 unspecified atom stereocenters. The van der Waals surface area contributed by atoms with E-state index in [-0.39, 0.29) is 23.7 Å². The molecule has 7 nitrogen and oxygen atoms in total. The van der Waals surface area contributed by atoms with E-state index >= 15 is 0 Å². The molecule has 21 heavy (non-hydrogen) atoms. The lowest BCUT2D eigenvalue weighted by Crippen LogP contribution is -2.45. The molecule has 1 saturated heterocycles.